The van der Waals surface area contributed by atoms with Gasteiger partial charge in [0.25, 0.3) is 0 Å². The zero-order valence-electron chi connectivity index (χ0n) is 13.2. The molecule has 0 aliphatic carbocycles. The second-order valence-corrected chi connectivity index (χ2v) is 7.57. The molecule has 2 aliphatic heterocycles. The summed E-state index contributed by atoms with van der Waals surface area (Å²) in [7, 11) is 0. The number of nitrogens with zero attached hydrogens (tertiary/aromatic N) is 4. The van der Waals surface area contributed by atoms with E-state index >= 15 is 0 Å². The molecule has 0 aromatic carbocycles. The smallest absolute Gasteiger partial charge is 0.410 e. The van der Waals surface area contributed by atoms with Crippen molar-refractivity contribution in [1.29, 1.82) is 0 Å². The Morgan fingerprint density at radius 3 is 2.73 bits per heavy atom. The average Bonchev–Trinajstić information content (AvgIpc) is 2.80. The fourth-order valence-electron chi connectivity index (χ4n) is 3.16. The first-order chi connectivity index (χ1) is 10.3. The van der Waals surface area contributed by atoms with Crippen LogP contribution < -0.4 is 4.90 Å². The molecule has 7 heteroatoms. The van der Waals surface area contributed by atoms with Crippen molar-refractivity contribution >= 4 is 23.4 Å². The highest BCUT2D eigenvalue weighted by Crippen LogP contribution is 2.42. The Labute approximate surface area is 135 Å². The van der Waals surface area contributed by atoms with Gasteiger partial charge in [0, 0.05) is 31.6 Å². The van der Waals surface area contributed by atoms with Gasteiger partial charge in [0.05, 0.1) is 11.9 Å². The van der Waals surface area contributed by atoms with Crippen molar-refractivity contribution in [2.24, 2.45) is 5.41 Å². The highest BCUT2D eigenvalue weighted by molar-refractivity contribution is 6.31. The molecule has 22 heavy (non-hydrogen) atoms. The van der Waals surface area contributed by atoms with Gasteiger partial charge in [-0.05, 0) is 33.3 Å². The van der Waals surface area contributed by atoms with Crippen molar-refractivity contribution in [3.8, 4) is 0 Å². The minimum Gasteiger partial charge on any atom is -0.444 e. The summed E-state index contributed by atoms with van der Waals surface area (Å²) in [5.74, 6) is 0. The van der Waals surface area contributed by atoms with Crippen LogP contribution in [-0.4, -0.2) is 53.0 Å². The summed E-state index contributed by atoms with van der Waals surface area (Å²) in [6.07, 6.45) is 2.48. The van der Waals surface area contributed by atoms with E-state index in [1.165, 1.54) is 0 Å². The molecular formula is C15H21ClN4O2. The molecule has 120 valence electrons. The highest BCUT2D eigenvalue weighted by Gasteiger charge is 2.50. The number of ether oxygens (including phenoxy) is 1. The molecule has 3 rings (SSSR count). The third-order valence-corrected chi connectivity index (χ3v) is 4.41. The fraction of sp³-hybridized carbons (Fsp3) is 0.667. The molecule has 0 N–H and O–H groups in total. The van der Waals surface area contributed by atoms with E-state index in [0.29, 0.717) is 5.15 Å². The van der Waals surface area contributed by atoms with E-state index in [4.69, 9.17) is 16.3 Å². The topological polar surface area (TPSA) is 58.6 Å². The number of hydrogen-bond acceptors (Lipinski definition) is 5. The van der Waals surface area contributed by atoms with Crippen molar-refractivity contribution in [1.82, 2.24) is 15.1 Å². The van der Waals surface area contributed by atoms with Crippen LogP contribution in [0.5, 0.6) is 0 Å². The van der Waals surface area contributed by atoms with E-state index in [1.54, 1.807) is 11.1 Å². The standard InChI is InChI=1S/C15H21ClN4O2/c1-14(2,3)22-13(21)20-9-15(10-20)5-7-19(8-15)11-4-6-17-18-12(11)16/h4,6H,5,7-10H2,1-3H3. The van der Waals surface area contributed by atoms with Gasteiger partial charge in [0.2, 0.25) is 0 Å². The number of aromatic nitrogens is 2. The van der Waals surface area contributed by atoms with Crippen LogP contribution in [0.4, 0.5) is 10.5 Å². The molecule has 2 fully saturated rings. The van der Waals surface area contributed by atoms with Crippen LogP contribution in [0, 0.1) is 5.41 Å². The van der Waals surface area contributed by atoms with Crippen molar-refractivity contribution in [3.63, 3.8) is 0 Å². The number of rotatable bonds is 1. The zero-order valence-corrected chi connectivity index (χ0v) is 13.9. The Bertz CT molecular complexity index is 581. The molecule has 6 nitrogen and oxygen atoms in total. The molecule has 0 radical (unpaired) electrons. The van der Waals surface area contributed by atoms with E-state index in [0.717, 1.165) is 38.3 Å². The summed E-state index contributed by atoms with van der Waals surface area (Å²) in [6, 6.07) is 1.89. The minimum atomic E-state index is -0.447. The molecule has 1 aromatic heterocycles. The van der Waals surface area contributed by atoms with E-state index < -0.39 is 5.60 Å². The highest BCUT2D eigenvalue weighted by atomic mass is 35.5. The van der Waals surface area contributed by atoms with Crippen LogP contribution in [-0.2, 0) is 4.74 Å². The van der Waals surface area contributed by atoms with Gasteiger partial charge >= 0.3 is 6.09 Å². The van der Waals surface area contributed by atoms with E-state index in [-0.39, 0.29) is 11.5 Å². The molecule has 1 amide bonds. The van der Waals surface area contributed by atoms with Crippen LogP contribution in [0.1, 0.15) is 27.2 Å². The summed E-state index contributed by atoms with van der Waals surface area (Å²) in [6.45, 7) is 8.96. The minimum absolute atomic E-state index is 0.156. The second kappa shape index (κ2) is 5.26. The third-order valence-electron chi connectivity index (χ3n) is 4.14. The Morgan fingerprint density at radius 1 is 1.36 bits per heavy atom. The van der Waals surface area contributed by atoms with Gasteiger partial charge in [0.15, 0.2) is 5.15 Å². The number of likely N-dealkylation sites (tertiary alicyclic amines) is 1. The second-order valence-electron chi connectivity index (χ2n) is 7.22. The van der Waals surface area contributed by atoms with Crippen molar-refractivity contribution in [2.75, 3.05) is 31.1 Å². The summed E-state index contributed by atoms with van der Waals surface area (Å²) >= 11 is 6.11. The lowest BCUT2D eigenvalue weighted by Crippen LogP contribution is -2.60. The molecular weight excluding hydrogens is 304 g/mol. The summed E-state index contributed by atoms with van der Waals surface area (Å²) in [5.41, 5.74) is 0.630. The predicted molar refractivity (Wildman–Crippen MR) is 84.1 cm³/mol. The van der Waals surface area contributed by atoms with Crippen molar-refractivity contribution in [3.05, 3.63) is 17.4 Å². The van der Waals surface area contributed by atoms with Gasteiger partial charge < -0.3 is 14.5 Å². The SMILES string of the molecule is CC(C)(C)OC(=O)N1CC2(CCN(c3ccnnc3Cl)C2)C1. The largest absolute Gasteiger partial charge is 0.444 e. The normalized spacial score (nSPS) is 20.2. The lowest BCUT2D eigenvalue weighted by molar-refractivity contribution is -0.0266. The van der Waals surface area contributed by atoms with Gasteiger partial charge in [-0.25, -0.2) is 4.79 Å². The molecule has 3 heterocycles. The molecule has 1 spiro atoms. The fourth-order valence-corrected chi connectivity index (χ4v) is 3.39. The Hall–Kier alpha value is -1.56. The Morgan fingerprint density at radius 2 is 2.09 bits per heavy atom. The molecule has 0 bridgehead atoms. The quantitative estimate of drug-likeness (QED) is 0.794. The molecule has 0 unspecified atom stereocenters. The first kappa shape index (κ1) is 15.3. The number of carbonyl (C=O) groups is 1. The first-order valence-electron chi connectivity index (χ1n) is 7.48. The number of anilines is 1. The molecule has 0 saturated carbocycles. The molecule has 0 atom stereocenters. The van der Waals surface area contributed by atoms with Gasteiger partial charge in [-0.15, -0.1) is 5.10 Å². The Kier molecular flexibility index (Phi) is 3.67. The number of carbonyl (C=O) groups excluding carboxylic acids is 1. The van der Waals surface area contributed by atoms with Crippen molar-refractivity contribution < 1.29 is 9.53 Å². The maximum Gasteiger partial charge on any atom is 0.410 e. The van der Waals surface area contributed by atoms with Crippen LogP contribution in [0.25, 0.3) is 0 Å². The van der Waals surface area contributed by atoms with Gasteiger partial charge in [-0.2, -0.15) is 5.10 Å². The van der Waals surface area contributed by atoms with Crippen molar-refractivity contribution in [2.45, 2.75) is 32.8 Å². The predicted octanol–water partition coefficient (Wildman–Crippen LogP) is 2.58. The van der Waals surface area contributed by atoms with Crippen LogP contribution in [0.2, 0.25) is 5.15 Å². The molecule has 2 aliphatic rings. The van der Waals surface area contributed by atoms with Gasteiger partial charge in [-0.1, -0.05) is 11.6 Å². The maximum absolute atomic E-state index is 12.0. The number of halogens is 1. The summed E-state index contributed by atoms with van der Waals surface area (Å²) in [5, 5.41) is 8.10. The first-order valence-corrected chi connectivity index (χ1v) is 7.86. The average molecular weight is 325 g/mol. The van der Waals surface area contributed by atoms with Crippen LogP contribution in [0.15, 0.2) is 12.3 Å². The monoisotopic (exact) mass is 324 g/mol. The zero-order chi connectivity index (χ0) is 16.0. The van der Waals surface area contributed by atoms with Gasteiger partial charge in [-0.3, -0.25) is 0 Å². The summed E-state index contributed by atoms with van der Waals surface area (Å²) < 4.78 is 5.41. The Balaban J connectivity index is 1.59. The van der Waals surface area contributed by atoms with E-state index in [1.807, 2.05) is 26.8 Å². The molecule has 2 saturated heterocycles. The summed E-state index contributed by atoms with van der Waals surface area (Å²) in [4.78, 5) is 16.0. The van der Waals surface area contributed by atoms with Crippen LogP contribution >= 0.6 is 11.6 Å². The lowest BCUT2D eigenvalue weighted by atomic mass is 9.79. The third kappa shape index (κ3) is 2.97. The van der Waals surface area contributed by atoms with Crippen LogP contribution in [0.3, 0.4) is 0 Å². The molecule has 1 aromatic rings. The van der Waals surface area contributed by atoms with E-state index in [2.05, 4.69) is 15.1 Å². The number of amides is 1. The maximum atomic E-state index is 12.0. The van der Waals surface area contributed by atoms with E-state index in [9.17, 15) is 4.79 Å². The van der Waals surface area contributed by atoms with Gasteiger partial charge in [0.1, 0.15) is 5.60 Å². The number of hydrogen-bond donors (Lipinski definition) is 0. The lowest BCUT2D eigenvalue weighted by Gasteiger charge is -2.47.